The van der Waals surface area contributed by atoms with Gasteiger partial charge in [-0.1, -0.05) is 0 Å². The minimum Gasteiger partial charge on any atom is -0.494 e. The minimum atomic E-state index is -0.422. The number of amides is 1. The SMILES string of the molecule is COc1cc(F)ccc1N1CCN(C(=O)[C@@H](N)CCSC)CC1. The first-order valence-corrected chi connectivity index (χ1v) is 9.08. The van der Waals surface area contributed by atoms with Crippen LogP contribution in [0.4, 0.5) is 10.1 Å². The lowest BCUT2D eigenvalue weighted by Crippen LogP contribution is -2.53. The smallest absolute Gasteiger partial charge is 0.239 e. The van der Waals surface area contributed by atoms with Gasteiger partial charge in [-0.2, -0.15) is 11.8 Å². The predicted molar refractivity (Wildman–Crippen MR) is 92.7 cm³/mol. The van der Waals surface area contributed by atoms with Crippen LogP contribution in [0.25, 0.3) is 0 Å². The van der Waals surface area contributed by atoms with E-state index < -0.39 is 6.04 Å². The maximum atomic E-state index is 13.3. The monoisotopic (exact) mass is 341 g/mol. The van der Waals surface area contributed by atoms with Crippen LogP contribution in [-0.4, -0.2) is 62.1 Å². The zero-order valence-corrected chi connectivity index (χ0v) is 14.4. The summed E-state index contributed by atoms with van der Waals surface area (Å²) in [6.45, 7) is 2.60. The normalized spacial score (nSPS) is 16.3. The molecule has 0 aliphatic carbocycles. The van der Waals surface area contributed by atoms with Crippen LogP contribution in [0.3, 0.4) is 0 Å². The molecule has 0 spiro atoms. The van der Waals surface area contributed by atoms with Crippen molar-refractivity contribution < 1.29 is 13.9 Å². The molecule has 1 aliphatic heterocycles. The van der Waals surface area contributed by atoms with E-state index in [4.69, 9.17) is 10.5 Å². The third-order valence-corrected chi connectivity index (χ3v) is 4.67. The van der Waals surface area contributed by atoms with Crippen molar-refractivity contribution in [1.82, 2.24) is 4.90 Å². The summed E-state index contributed by atoms with van der Waals surface area (Å²) in [4.78, 5) is 16.2. The van der Waals surface area contributed by atoms with E-state index in [1.807, 2.05) is 11.2 Å². The molecule has 5 nitrogen and oxygen atoms in total. The van der Waals surface area contributed by atoms with E-state index in [2.05, 4.69) is 4.90 Å². The number of hydrogen-bond donors (Lipinski definition) is 1. The third-order valence-electron chi connectivity index (χ3n) is 4.02. The van der Waals surface area contributed by atoms with Gasteiger partial charge in [0.15, 0.2) is 0 Å². The molecule has 0 unspecified atom stereocenters. The van der Waals surface area contributed by atoms with Crippen molar-refractivity contribution in [3.8, 4) is 5.75 Å². The molecule has 1 aliphatic rings. The summed E-state index contributed by atoms with van der Waals surface area (Å²) in [5, 5.41) is 0. The molecular formula is C16H24FN3O2S. The molecule has 1 fully saturated rings. The summed E-state index contributed by atoms with van der Waals surface area (Å²) < 4.78 is 18.5. The summed E-state index contributed by atoms with van der Waals surface area (Å²) in [5.41, 5.74) is 6.82. The number of carbonyl (C=O) groups excluding carboxylic acids is 1. The number of carbonyl (C=O) groups is 1. The van der Waals surface area contributed by atoms with Gasteiger partial charge in [0.1, 0.15) is 11.6 Å². The van der Waals surface area contributed by atoms with Crippen LogP contribution < -0.4 is 15.4 Å². The second kappa shape index (κ2) is 8.40. The zero-order valence-electron chi connectivity index (χ0n) is 13.6. The molecule has 0 aromatic heterocycles. The number of benzene rings is 1. The van der Waals surface area contributed by atoms with Gasteiger partial charge in [-0.15, -0.1) is 0 Å². The van der Waals surface area contributed by atoms with Gasteiger partial charge >= 0.3 is 0 Å². The lowest BCUT2D eigenvalue weighted by molar-refractivity contribution is -0.132. The summed E-state index contributed by atoms with van der Waals surface area (Å²) in [6.07, 6.45) is 2.71. The third kappa shape index (κ3) is 4.51. The largest absolute Gasteiger partial charge is 0.494 e. The van der Waals surface area contributed by atoms with Gasteiger partial charge in [0.05, 0.1) is 18.8 Å². The molecule has 23 heavy (non-hydrogen) atoms. The van der Waals surface area contributed by atoms with Crippen LogP contribution in [0.15, 0.2) is 18.2 Å². The molecular weight excluding hydrogens is 317 g/mol. The Labute approximate surface area is 140 Å². The van der Waals surface area contributed by atoms with E-state index in [9.17, 15) is 9.18 Å². The molecule has 1 amide bonds. The first-order chi connectivity index (χ1) is 11.1. The number of nitrogens with two attached hydrogens (primary N) is 1. The highest BCUT2D eigenvalue weighted by Gasteiger charge is 2.26. The Bertz CT molecular complexity index is 536. The minimum absolute atomic E-state index is 0.0183. The van der Waals surface area contributed by atoms with E-state index in [1.54, 1.807) is 17.8 Å². The Balaban J connectivity index is 1.95. The van der Waals surface area contributed by atoms with Crippen molar-refractivity contribution in [2.24, 2.45) is 5.73 Å². The van der Waals surface area contributed by atoms with Gasteiger partial charge in [-0.05, 0) is 30.6 Å². The summed E-state index contributed by atoms with van der Waals surface area (Å²) in [5.74, 6) is 1.10. The fourth-order valence-electron chi connectivity index (χ4n) is 2.68. The number of methoxy groups -OCH3 is 1. The molecule has 1 heterocycles. The van der Waals surface area contributed by atoms with Crippen LogP contribution in [0, 0.1) is 5.82 Å². The zero-order chi connectivity index (χ0) is 16.8. The van der Waals surface area contributed by atoms with Gasteiger partial charge in [0, 0.05) is 32.2 Å². The molecule has 1 aromatic rings. The second-order valence-electron chi connectivity index (χ2n) is 5.52. The van der Waals surface area contributed by atoms with Crippen molar-refractivity contribution in [3.63, 3.8) is 0 Å². The van der Waals surface area contributed by atoms with Crippen LogP contribution in [0.5, 0.6) is 5.75 Å². The molecule has 128 valence electrons. The Kier molecular flexibility index (Phi) is 6.53. The summed E-state index contributed by atoms with van der Waals surface area (Å²) in [7, 11) is 1.53. The van der Waals surface area contributed by atoms with Gasteiger partial charge in [-0.25, -0.2) is 4.39 Å². The highest BCUT2D eigenvalue weighted by molar-refractivity contribution is 7.98. The number of piperazine rings is 1. The lowest BCUT2D eigenvalue weighted by atomic mass is 10.1. The van der Waals surface area contributed by atoms with E-state index in [0.29, 0.717) is 38.3 Å². The van der Waals surface area contributed by atoms with Gasteiger partial charge in [-0.3, -0.25) is 4.79 Å². The molecule has 1 aromatic carbocycles. The van der Waals surface area contributed by atoms with Crippen molar-refractivity contribution in [3.05, 3.63) is 24.0 Å². The van der Waals surface area contributed by atoms with Crippen molar-refractivity contribution in [2.75, 3.05) is 50.2 Å². The first-order valence-electron chi connectivity index (χ1n) is 7.68. The fourth-order valence-corrected chi connectivity index (χ4v) is 3.17. The molecule has 2 rings (SSSR count). The highest BCUT2D eigenvalue weighted by atomic mass is 32.2. The van der Waals surface area contributed by atoms with E-state index >= 15 is 0 Å². The number of hydrogen-bond acceptors (Lipinski definition) is 5. The van der Waals surface area contributed by atoms with Crippen LogP contribution in [0.2, 0.25) is 0 Å². The number of rotatable bonds is 6. The Morgan fingerprint density at radius 2 is 2.09 bits per heavy atom. The lowest BCUT2D eigenvalue weighted by Gasteiger charge is -2.37. The maximum Gasteiger partial charge on any atom is 0.239 e. The number of thioether (sulfide) groups is 1. The van der Waals surface area contributed by atoms with Gasteiger partial charge < -0.3 is 20.3 Å². The van der Waals surface area contributed by atoms with Crippen molar-refractivity contribution >= 4 is 23.4 Å². The van der Waals surface area contributed by atoms with Crippen molar-refractivity contribution in [2.45, 2.75) is 12.5 Å². The quantitative estimate of drug-likeness (QED) is 0.851. The molecule has 1 saturated heterocycles. The molecule has 1 atom stereocenters. The molecule has 0 radical (unpaired) electrons. The molecule has 0 saturated carbocycles. The van der Waals surface area contributed by atoms with E-state index in [-0.39, 0.29) is 11.7 Å². The second-order valence-corrected chi connectivity index (χ2v) is 6.50. The van der Waals surface area contributed by atoms with Gasteiger partial charge in [0.2, 0.25) is 5.91 Å². The molecule has 2 N–H and O–H groups in total. The number of nitrogens with zero attached hydrogens (tertiary/aromatic N) is 2. The average Bonchev–Trinajstić information content (AvgIpc) is 2.59. The first kappa shape index (κ1) is 17.9. The number of anilines is 1. The van der Waals surface area contributed by atoms with Crippen LogP contribution >= 0.6 is 11.8 Å². The fraction of sp³-hybridized carbons (Fsp3) is 0.562. The van der Waals surface area contributed by atoms with Crippen LogP contribution in [-0.2, 0) is 4.79 Å². The molecule has 0 bridgehead atoms. The Morgan fingerprint density at radius 3 is 2.70 bits per heavy atom. The van der Waals surface area contributed by atoms with Gasteiger partial charge in [0.25, 0.3) is 0 Å². The van der Waals surface area contributed by atoms with E-state index in [1.165, 1.54) is 19.2 Å². The predicted octanol–water partition coefficient (Wildman–Crippen LogP) is 1.56. The standard InChI is InChI=1S/C16H24FN3O2S/c1-22-15-11-12(17)3-4-14(15)19-6-8-20(9-7-19)16(21)13(18)5-10-23-2/h3-4,11,13H,5-10,18H2,1-2H3/t13-/m0/s1. The highest BCUT2D eigenvalue weighted by Crippen LogP contribution is 2.29. The summed E-state index contributed by atoms with van der Waals surface area (Å²) in [6, 6.07) is 4.10. The van der Waals surface area contributed by atoms with Crippen LogP contribution in [0.1, 0.15) is 6.42 Å². The number of halogens is 1. The maximum absolute atomic E-state index is 13.3. The average molecular weight is 341 g/mol. The Morgan fingerprint density at radius 1 is 1.39 bits per heavy atom. The summed E-state index contributed by atoms with van der Waals surface area (Å²) >= 11 is 1.69. The van der Waals surface area contributed by atoms with E-state index in [0.717, 1.165) is 11.4 Å². The van der Waals surface area contributed by atoms with Crippen molar-refractivity contribution in [1.29, 1.82) is 0 Å². The topological polar surface area (TPSA) is 58.8 Å². The number of ether oxygens (including phenoxy) is 1. The molecule has 7 heteroatoms. The Hall–Kier alpha value is -1.47.